The number of carbonyl (C=O) groups is 2. The number of hydrogen-bond donors (Lipinski definition) is 0. The Morgan fingerprint density at radius 2 is 1.06 bits per heavy atom. The Hall–Kier alpha value is -5.21. The molecule has 0 heterocycles. The van der Waals surface area contributed by atoms with Crippen LogP contribution in [0.3, 0.4) is 0 Å². The molecule has 0 amide bonds. The van der Waals surface area contributed by atoms with Crippen molar-refractivity contribution < 1.29 is 38.0 Å². The number of para-hydroxylation sites is 2. The molecule has 4 aromatic rings. The number of benzene rings is 4. The van der Waals surface area contributed by atoms with Crippen LogP contribution in [0.25, 0.3) is 10.8 Å². The molecule has 0 fully saturated rings. The second-order valence-electron chi connectivity index (χ2n) is 10.6. The molecule has 0 aliphatic heterocycles. The molecule has 8 nitrogen and oxygen atoms in total. The highest BCUT2D eigenvalue weighted by atomic mass is 35.5. The normalized spacial score (nSPS) is 13.3. The summed E-state index contributed by atoms with van der Waals surface area (Å²) < 4.78 is 35.8. The van der Waals surface area contributed by atoms with Crippen molar-refractivity contribution in [3.05, 3.63) is 132 Å². The number of hydrogen-bond acceptors (Lipinski definition) is 8. The van der Waals surface area contributed by atoms with Gasteiger partial charge in [0.25, 0.3) is 0 Å². The van der Waals surface area contributed by atoms with E-state index in [4.69, 9.17) is 40.0 Å². The number of halogens is 1. The van der Waals surface area contributed by atoms with Gasteiger partial charge in [-0.15, -0.1) is 0 Å². The zero-order valence-corrected chi connectivity index (χ0v) is 26.5. The summed E-state index contributed by atoms with van der Waals surface area (Å²) in [4.78, 5) is 24.4. The first-order valence-electron chi connectivity index (χ1n) is 15.1. The number of allylic oxidation sites excluding steroid dienone is 2. The summed E-state index contributed by atoms with van der Waals surface area (Å²) in [6, 6.07) is 26.2. The first-order valence-corrected chi connectivity index (χ1v) is 15.5. The lowest BCUT2D eigenvalue weighted by Gasteiger charge is -2.26. The zero-order valence-electron chi connectivity index (χ0n) is 25.8. The van der Waals surface area contributed by atoms with E-state index in [0.29, 0.717) is 40.9 Å². The third kappa shape index (κ3) is 8.95. The SMILES string of the molecule is C=CC(=O)OC(COc1ccccc1)COc1c2c(c(OCC(COc3ccccc3)OC(=O)C=C)c3ccccc13)CC(Cl)=CC2. The van der Waals surface area contributed by atoms with Gasteiger partial charge in [-0.3, -0.25) is 0 Å². The third-order valence-electron chi connectivity index (χ3n) is 7.29. The molecule has 1 aliphatic carbocycles. The first kappa shape index (κ1) is 33.2. The van der Waals surface area contributed by atoms with Gasteiger partial charge in [-0.05, 0) is 30.7 Å². The van der Waals surface area contributed by atoms with Crippen LogP contribution in [0.1, 0.15) is 11.1 Å². The predicted octanol–water partition coefficient (Wildman–Crippen LogP) is 7.17. The summed E-state index contributed by atoms with van der Waals surface area (Å²) in [6.45, 7) is 7.21. The Kier molecular flexibility index (Phi) is 11.6. The minimum atomic E-state index is -0.731. The maximum Gasteiger partial charge on any atom is 0.330 e. The van der Waals surface area contributed by atoms with Gasteiger partial charge in [0.1, 0.15) is 49.4 Å². The molecule has 0 N–H and O–H groups in total. The van der Waals surface area contributed by atoms with Crippen LogP contribution in [0, 0.1) is 0 Å². The van der Waals surface area contributed by atoms with Crippen LogP contribution in [0.15, 0.2) is 121 Å². The molecule has 242 valence electrons. The fourth-order valence-electron chi connectivity index (χ4n) is 5.09. The van der Waals surface area contributed by atoms with E-state index in [9.17, 15) is 9.59 Å². The second kappa shape index (κ2) is 16.4. The van der Waals surface area contributed by atoms with Gasteiger partial charge in [-0.25, -0.2) is 9.59 Å². The lowest BCUT2D eigenvalue weighted by atomic mass is 9.90. The smallest absolute Gasteiger partial charge is 0.330 e. The largest absolute Gasteiger partial charge is 0.490 e. The molecule has 2 atom stereocenters. The van der Waals surface area contributed by atoms with Crippen molar-refractivity contribution in [2.24, 2.45) is 0 Å². The molecule has 0 bridgehead atoms. The molecule has 47 heavy (non-hydrogen) atoms. The Bertz CT molecular complexity index is 1740. The predicted molar refractivity (Wildman–Crippen MR) is 180 cm³/mol. The first-order chi connectivity index (χ1) is 22.9. The molecule has 0 saturated heterocycles. The van der Waals surface area contributed by atoms with Crippen LogP contribution in [-0.4, -0.2) is 50.6 Å². The van der Waals surface area contributed by atoms with E-state index in [1.165, 1.54) is 0 Å². The highest BCUT2D eigenvalue weighted by Crippen LogP contribution is 2.44. The van der Waals surface area contributed by atoms with Crippen molar-refractivity contribution in [3.8, 4) is 23.0 Å². The summed E-state index contributed by atoms with van der Waals surface area (Å²) in [7, 11) is 0. The van der Waals surface area contributed by atoms with E-state index in [2.05, 4.69) is 13.2 Å². The van der Waals surface area contributed by atoms with E-state index in [0.717, 1.165) is 34.1 Å². The van der Waals surface area contributed by atoms with Crippen LogP contribution in [0.2, 0.25) is 0 Å². The van der Waals surface area contributed by atoms with Gasteiger partial charge < -0.3 is 28.4 Å². The second-order valence-corrected chi connectivity index (χ2v) is 11.1. The van der Waals surface area contributed by atoms with Gasteiger partial charge in [-0.2, -0.15) is 0 Å². The molecule has 0 spiro atoms. The van der Waals surface area contributed by atoms with E-state index >= 15 is 0 Å². The lowest BCUT2D eigenvalue weighted by molar-refractivity contribution is -0.147. The van der Waals surface area contributed by atoms with Crippen LogP contribution >= 0.6 is 11.6 Å². The van der Waals surface area contributed by atoms with Gasteiger partial charge in [0.15, 0.2) is 12.2 Å². The van der Waals surface area contributed by atoms with E-state index < -0.39 is 24.1 Å². The molecule has 9 heteroatoms. The maximum absolute atomic E-state index is 12.2. The molecular weight excluding hydrogens is 620 g/mol. The lowest BCUT2D eigenvalue weighted by Crippen LogP contribution is -2.31. The van der Waals surface area contributed by atoms with Crippen LogP contribution < -0.4 is 18.9 Å². The number of rotatable bonds is 16. The number of ether oxygens (including phenoxy) is 6. The van der Waals surface area contributed by atoms with Crippen LogP contribution in [0.5, 0.6) is 23.0 Å². The number of fused-ring (bicyclic) bond motifs is 2. The molecular formula is C38H35ClO8. The monoisotopic (exact) mass is 654 g/mol. The van der Waals surface area contributed by atoms with Crippen molar-refractivity contribution >= 4 is 34.3 Å². The molecule has 5 rings (SSSR count). The maximum atomic E-state index is 12.2. The van der Waals surface area contributed by atoms with Crippen molar-refractivity contribution in [3.63, 3.8) is 0 Å². The van der Waals surface area contributed by atoms with Crippen molar-refractivity contribution in [1.29, 1.82) is 0 Å². The summed E-state index contributed by atoms with van der Waals surface area (Å²) in [5.41, 5.74) is 1.74. The van der Waals surface area contributed by atoms with Gasteiger partial charge >= 0.3 is 11.9 Å². The van der Waals surface area contributed by atoms with E-state index in [1.807, 2.05) is 91.0 Å². The minimum Gasteiger partial charge on any atom is -0.490 e. The fourth-order valence-corrected chi connectivity index (χ4v) is 5.30. The van der Waals surface area contributed by atoms with Crippen LogP contribution in [0.4, 0.5) is 0 Å². The van der Waals surface area contributed by atoms with Crippen LogP contribution in [-0.2, 0) is 31.9 Å². The average molecular weight is 655 g/mol. The Balaban J connectivity index is 1.42. The quantitative estimate of drug-likeness (QED) is 0.0928. The van der Waals surface area contributed by atoms with E-state index in [-0.39, 0.29) is 26.4 Å². The zero-order chi connectivity index (χ0) is 33.0. The Morgan fingerprint density at radius 3 is 1.53 bits per heavy atom. The standard InChI is InChI=1S/C38H35ClO8/c1-3-35(40)46-29(22-42-27-13-7-5-8-14-27)24-44-37-31-17-11-12-18-32(31)38(34-21-26(39)19-20-33(34)37)45-25-30(47-36(41)4-2)23-43-28-15-9-6-10-16-28/h3-19,29-30H,1-2,20-25H2. The molecule has 4 aromatic carbocycles. The summed E-state index contributed by atoms with van der Waals surface area (Å²) in [5.74, 6) is 1.35. The average Bonchev–Trinajstić information content (AvgIpc) is 3.11. The van der Waals surface area contributed by atoms with Crippen molar-refractivity contribution in [2.45, 2.75) is 25.0 Å². The molecule has 2 unspecified atom stereocenters. The molecule has 0 radical (unpaired) electrons. The summed E-state index contributed by atoms with van der Waals surface area (Å²) in [5, 5.41) is 2.25. The van der Waals surface area contributed by atoms with Crippen molar-refractivity contribution in [2.75, 3.05) is 26.4 Å². The minimum absolute atomic E-state index is 0.0147. The van der Waals surface area contributed by atoms with Crippen molar-refractivity contribution in [1.82, 2.24) is 0 Å². The van der Waals surface area contributed by atoms with Gasteiger partial charge in [-0.1, -0.05) is 91.5 Å². The highest BCUT2D eigenvalue weighted by molar-refractivity contribution is 6.30. The number of esters is 2. The van der Waals surface area contributed by atoms with Gasteiger partial charge in [0.05, 0.1) is 0 Å². The Morgan fingerprint density at radius 1 is 0.638 bits per heavy atom. The third-order valence-corrected chi connectivity index (χ3v) is 7.57. The topological polar surface area (TPSA) is 89.5 Å². The highest BCUT2D eigenvalue weighted by Gasteiger charge is 2.27. The number of carbonyl (C=O) groups excluding carboxylic acids is 2. The molecule has 1 aliphatic rings. The molecule has 0 aromatic heterocycles. The van der Waals surface area contributed by atoms with Gasteiger partial charge in [0, 0.05) is 45.5 Å². The Labute approximate surface area is 278 Å². The fraction of sp³-hybridized carbons (Fsp3) is 0.211. The van der Waals surface area contributed by atoms with Gasteiger partial charge in [0.2, 0.25) is 0 Å². The molecule has 0 saturated carbocycles. The van der Waals surface area contributed by atoms with E-state index in [1.54, 1.807) is 0 Å². The summed E-state index contributed by atoms with van der Waals surface area (Å²) in [6.07, 6.45) is 3.60. The summed E-state index contributed by atoms with van der Waals surface area (Å²) >= 11 is 6.57.